The summed E-state index contributed by atoms with van der Waals surface area (Å²) < 4.78 is 16.8. The Morgan fingerprint density at radius 2 is 2.00 bits per heavy atom. The topological polar surface area (TPSA) is 187 Å². The van der Waals surface area contributed by atoms with Crippen LogP contribution in [0.1, 0.15) is 27.7 Å². The molecule has 5 atom stereocenters. The molecule has 1 aliphatic heterocycles. The third kappa shape index (κ3) is 4.84. The van der Waals surface area contributed by atoms with Crippen LogP contribution in [0.3, 0.4) is 0 Å². The summed E-state index contributed by atoms with van der Waals surface area (Å²) >= 11 is 0. The second-order valence-electron chi connectivity index (χ2n) is 7.85. The second-order valence-corrected chi connectivity index (χ2v) is 7.85. The summed E-state index contributed by atoms with van der Waals surface area (Å²) in [5.74, 6) is -2.21. The van der Waals surface area contributed by atoms with Crippen molar-refractivity contribution in [3.8, 4) is 6.07 Å². The maximum atomic E-state index is 12.4. The van der Waals surface area contributed by atoms with Gasteiger partial charge in [-0.2, -0.15) is 5.26 Å². The van der Waals surface area contributed by atoms with E-state index in [1.807, 2.05) is 4.98 Å². The van der Waals surface area contributed by atoms with Crippen LogP contribution in [0.25, 0.3) is 0 Å². The quantitative estimate of drug-likeness (QED) is 0.426. The van der Waals surface area contributed by atoms with Crippen molar-refractivity contribution >= 4 is 11.9 Å². The molecule has 1 aliphatic rings. The van der Waals surface area contributed by atoms with Gasteiger partial charge in [0.15, 0.2) is 12.2 Å². The maximum Gasteiger partial charge on any atom is 0.331 e. The molecule has 0 aromatic carbocycles. The fourth-order valence-corrected chi connectivity index (χ4v) is 2.90. The van der Waals surface area contributed by atoms with Crippen LogP contribution in [0, 0.1) is 23.2 Å². The average molecular weight is 438 g/mol. The van der Waals surface area contributed by atoms with Gasteiger partial charge in [-0.1, -0.05) is 27.7 Å². The van der Waals surface area contributed by atoms with Crippen molar-refractivity contribution in [2.75, 3.05) is 6.61 Å². The predicted octanol–water partition coefficient (Wildman–Crippen LogP) is -1.43. The molecule has 2 rings (SSSR count). The third-order valence-electron chi connectivity index (χ3n) is 4.86. The Kier molecular flexibility index (Phi) is 7.37. The lowest BCUT2D eigenvalue weighted by Crippen LogP contribution is -2.52. The highest BCUT2D eigenvalue weighted by Crippen LogP contribution is 2.36. The summed E-state index contributed by atoms with van der Waals surface area (Å²) in [6.45, 7) is 6.12. The first kappa shape index (κ1) is 24.3. The molecule has 12 nitrogen and oxygen atoms in total. The molecule has 31 heavy (non-hydrogen) atoms. The number of rotatable bonds is 7. The summed E-state index contributed by atoms with van der Waals surface area (Å²) in [6.07, 6.45) is -3.68. The summed E-state index contributed by atoms with van der Waals surface area (Å²) in [5.41, 5.74) is 1.69. The van der Waals surface area contributed by atoms with Crippen LogP contribution in [0.5, 0.6) is 0 Å². The maximum absolute atomic E-state index is 12.4. The Labute approximate surface area is 177 Å². The van der Waals surface area contributed by atoms with Gasteiger partial charge in [-0.3, -0.25) is 23.9 Å². The van der Waals surface area contributed by atoms with Gasteiger partial charge >= 0.3 is 17.6 Å². The van der Waals surface area contributed by atoms with E-state index in [1.54, 1.807) is 33.8 Å². The zero-order valence-electron chi connectivity index (χ0n) is 17.6. The van der Waals surface area contributed by atoms with Gasteiger partial charge in [0.05, 0.1) is 5.92 Å². The summed E-state index contributed by atoms with van der Waals surface area (Å²) in [6, 6.07) is 1.63. The largest absolute Gasteiger partial charge is 0.463 e. The van der Waals surface area contributed by atoms with Gasteiger partial charge in [0.1, 0.15) is 24.8 Å². The van der Waals surface area contributed by atoms with Crippen LogP contribution < -0.4 is 17.0 Å². The number of nitrogens with zero attached hydrogens (tertiary/aromatic N) is 2. The lowest BCUT2D eigenvalue weighted by atomic mass is 10.0. The number of aliphatic hydroxyl groups excluding tert-OH is 1. The number of H-pyrrole nitrogens is 1. The number of carbonyl (C=O) groups excluding carboxylic acids is 2. The number of nitrogens with one attached hydrogen (secondary N) is 1. The van der Waals surface area contributed by atoms with Crippen LogP contribution in [0.2, 0.25) is 0 Å². The molecule has 4 N–H and O–H groups in total. The molecule has 1 aromatic heterocycles. The number of hydrogen-bond donors (Lipinski definition) is 3. The van der Waals surface area contributed by atoms with Crippen molar-refractivity contribution < 1.29 is 28.9 Å². The first-order valence-electron chi connectivity index (χ1n) is 9.67. The fourth-order valence-electron chi connectivity index (χ4n) is 2.90. The van der Waals surface area contributed by atoms with Gasteiger partial charge < -0.3 is 25.1 Å². The van der Waals surface area contributed by atoms with E-state index in [9.17, 15) is 29.5 Å². The van der Waals surface area contributed by atoms with Gasteiger partial charge in [-0.25, -0.2) is 4.79 Å². The van der Waals surface area contributed by atoms with E-state index < -0.39 is 65.8 Å². The fraction of sp³-hybridized carbons (Fsp3) is 0.632. The van der Waals surface area contributed by atoms with Gasteiger partial charge in [-0.15, -0.1) is 0 Å². The number of carbonyl (C=O) groups is 2. The van der Waals surface area contributed by atoms with Crippen molar-refractivity contribution in [2.24, 2.45) is 17.6 Å². The van der Waals surface area contributed by atoms with Gasteiger partial charge in [-0.05, 0) is 5.92 Å². The minimum atomic E-state index is -2.36. The number of esters is 2. The number of aromatic amines is 1. The molecule has 0 saturated carbocycles. The summed E-state index contributed by atoms with van der Waals surface area (Å²) in [4.78, 5) is 49.9. The zero-order valence-corrected chi connectivity index (χ0v) is 17.6. The second kappa shape index (κ2) is 9.42. The molecule has 1 fully saturated rings. The SMILES string of the molecule is CC(C)C(=O)OC[C@H]1O[C@@](C#N)(n2ccc(=O)[nH]c2=O)C(O)C1OC(=O)[C@@H](N)C(C)C. The first-order valence-corrected chi connectivity index (χ1v) is 9.67. The number of nitrogens with two attached hydrogens (primary N) is 1. The van der Waals surface area contributed by atoms with Crippen molar-refractivity contribution in [2.45, 2.75) is 57.8 Å². The minimum absolute atomic E-state index is 0.285. The standard InChI is InChI=1S/C19H26N4O8/c1-9(2)13(21)17(27)30-14-11(7-29-16(26)10(3)4)31-19(8-20,15(14)25)23-6-5-12(24)22-18(23)28/h5-6,9-11,13-15,25H,7,21H2,1-4H3,(H,22,24,28)/t11-,13+,14?,15?,19-/m1/s1. The molecule has 2 unspecified atom stereocenters. The normalized spacial score (nSPS) is 26.5. The number of hydrogen-bond acceptors (Lipinski definition) is 10. The molecule has 0 spiro atoms. The van der Waals surface area contributed by atoms with Crippen molar-refractivity contribution in [3.63, 3.8) is 0 Å². The smallest absolute Gasteiger partial charge is 0.331 e. The Bertz CT molecular complexity index is 978. The van der Waals surface area contributed by atoms with Crippen molar-refractivity contribution in [1.82, 2.24) is 9.55 Å². The van der Waals surface area contributed by atoms with E-state index in [0.29, 0.717) is 4.57 Å². The Morgan fingerprint density at radius 3 is 2.52 bits per heavy atom. The molecule has 2 heterocycles. The summed E-state index contributed by atoms with van der Waals surface area (Å²) in [7, 11) is 0. The van der Waals surface area contributed by atoms with Crippen LogP contribution in [0.15, 0.2) is 21.9 Å². The Balaban J connectivity index is 2.44. The average Bonchev–Trinajstić information content (AvgIpc) is 2.97. The highest BCUT2D eigenvalue weighted by Gasteiger charge is 2.59. The lowest BCUT2D eigenvalue weighted by Gasteiger charge is -2.27. The minimum Gasteiger partial charge on any atom is -0.463 e. The van der Waals surface area contributed by atoms with Crippen molar-refractivity contribution in [1.29, 1.82) is 5.26 Å². The third-order valence-corrected chi connectivity index (χ3v) is 4.86. The highest BCUT2D eigenvalue weighted by atomic mass is 16.6. The van der Waals surface area contributed by atoms with Gasteiger partial charge in [0.2, 0.25) is 0 Å². The molecule has 0 radical (unpaired) electrons. The summed E-state index contributed by atoms with van der Waals surface area (Å²) in [5, 5.41) is 20.7. The van der Waals surface area contributed by atoms with E-state index in [2.05, 4.69) is 0 Å². The predicted molar refractivity (Wildman–Crippen MR) is 104 cm³/mol. The van der Waals surface area contributed by atoms with Crippen LogP contribution in [-0.2, 0) is 29.5 Å². The molecule has 1 saturated heterocycles. The van der Waals surface area contributed by atoms with E-state index in [4.69, 9.17) is 19.9 Å². The Morgan fingerprint density at radius 1 is 1.35 bits per heavy atom. The number of aliphatic hydroxyl groups is 1. The molecule has 0 amide bonds. The van der Waals surface area contributed by atoms with Crippen LogP contribution in [-0.4, -0.2) is 57.6 Å². The van der Waals surface area contributed by atoms with E-state index in [1.165, 1.54) is 0 Å². The lowest BCUT2D eigenvalue weighted by molar-refractivity contribution is -0.163. The number of aromatic nitrogens is 2. The van der Waals surface area contributed by atoms with Crippen molar-refractivity contribution in [3.05, 3.63) is 33.1 Å². The highest BCUT2D eigenvalue weighted by molar-refractivity contribution is 5.76. The van der Waals surface area contributed by atoms with E-state index in [-0.39, 0.29) is 5.92 Å². The van der Waals surface area contributed by atoms with Crippen LogP contribution >= 0.6 is 0 Å². The number of ether oxygens (including phenoxy) is 3. The van der Waals surface area contributed by atoms with Crippen LogP contribution in [0.4, 0.5) is 0 Å². The van der Waals surface area contributed by atoms with Gasteiger partial charge in [0.25, 0.3) is 11.3 Å². The van der Waals surface area contributed by atoms with E-state index >= 15 is 0 Å². The molecule has 12 heteroatoms. The molecule has 170 valence electrons. The molecule has 0 aliphatic carbocycles. The molecule has 0 bridgehead atoms. The molecule has 1 aromatic rings. The monoisotopic (exact) mass is 438 g/mol. The first-order chi connectivity index (χ1) is 14.4. The Hall–Kier alpha value is -3.01. The molecular formula is C19H26N4O8. The molecular weight excluding hydrogens is 412 g/mol. The zero-order chi connectivity index (χ0) is 23.5. The van der Waals surface area contributed by atoms with Gasteiger partial charge in [0, 0.05) is 12.3 Å². The van der Waals surface area contributed by atoms with E-state index in [0.717, 1.165) is 12.3 Å². The number of nitriles is 1.